The third-order valence-corrected chi connectivity index (χ3v) is 2.68. The zero-order valence-electron chi connectivity index (χ0n) is 10.5. The van der Waals surface area contributed by atoms with Crippen molar-refractivity contribution < 1.29 is 4.74 Å². The number of methoxy groups -OCH3 is 1. The van der Waals surface area contributed by atoms with Crippen LogP contribution in [-0.2, 0) is 11.3 Å². The highest BCUT2D eigenvalue weighted by Crippen LogP contribution is 2.14. The number of hydrogen-bond donors (Lipinski definition) is 1. The fourth-order valence-corrected chi connectivity index (χ4v) is 1.66. The standard InChI is InChI=1S/C13H22N2O/c1-11-5-6-12(9-13(11)14)10-15(2)7-4-8-16-3/h5-6,9H,4,7-8,10,14H2,1-3H3. The van der Waals surface area contributed by atoms with Gasteiger partial charge < -0.3 is 15.4 Å². The molecule has 0 fully saturated rings. The second-order valence-electron chi connectivity index (χ2n) is 4.28. The minimum absolute atomic E-state index is 0.820. The molecule has 0 amide bonds. The minimum atomic E-state index is 0.820. The summed E-state index contributed by atoms with van der Waals surface area (Å²) in [6, 6.07) is 6.27. The molecular weight excluding hydrogens is 200 g/mol. The molecule has 1 rings (SSSR count). The van der Waals surface area contributed by atoms with Gasteiger partial charge in [0.05, 0.1) is 0 Å². The van der Waals surface area contributed by atoms with E-state index < -0.39 is 0 Å². The number of nitrogen functional groups attached to an aromatic ring is 1. The summed E-state index contributed by atoms with van der Waals surface area (Å²) < 4.78 is 5.03. The average Bonchev–Trinajstić information content (AvgIpc) is 2.24. The van der Waals surface area contributed by atoms with E-state index in [1.54, 1.807) is 7.11 Å². The molecule has 0 atom stereocenters. The molecule has 0 aliphatic rings. The molecule has 0 aromatic heterocycles. The van der Waals surface area contributed by atoms with Crippen LogP contribution in [0.1, 0.15) is 17.5 Å². The van der Waals surface area contributed by atoms with Crippen LogP contribution < -0.4 is 5.73 Å². The van der Waals surface area contributed by atoms with Gasteiger partial charge in [-0.15, -0.1) is 0 Å². The third-order valence-electron chi connectivity index (χ3n) is 2.68. The SMILES string of the molecule is COCCCN(C)Cc1ccc(C)c(N)c1. The van der Waals surface area contributed by atoms with Crippen LogP contribution in [0, 0.1) is 6.92 Å². The fraction of sp³-hybridized carbons (Fsp3) is 0.538. The second kappa shape index (κ2) is 6.51. The lowest BCUT2D eigenvalue weighted by molar-refractivity contribution is 0.178. The molecule has 0 radical (unpaired) electrons. The lowest BCUT2D eigenvalue weighted by Gasteiger charge is -2.16. The number of nitrogens with two attached hydrogens (primary N) is 1. The van der Waals surface area contributed by atoms with Crippen molar-refractivity contribution in [2.24, 2.45) is 0 Å². The molecule has 2 N–H and O–H groups in total. The van der Waals surface area contributed by atoms with Crippen molar-refractivity contribution in [3.63, 3.8) is 0 Å². The van der Waals surface area contributed by atoms with Crippen molar-refractivity contribution in [3.05, 3.63) is 29.3 Å². The Morgan fingerprint density at radius 1 is 1.38 bits per heavy atom. The Balaban J connectivity index is 2.43. The summed E-state index contributed by atoms with van der Waals surface area (Å²) in [7, 11) is 3.85. The Morgan fingerprint density at radius 3 is 2.75 bits per heavy atom. The van der Waals surface area contributed by atoms with Crippen molar-refractivity contribution in [1.82, 2.24) is 4.90 Å². The van der Waals surface area contributed by atoms with Gasteiger partial charge in [-0.05, 0) is 37.6 Å². The van der Waals surface area contributed by atoms with Crippen molar-refractivity contribution in [3.8, 4) is 0 Å². The Hall–Kier alpha value is -1.06. The van der Waals surface area contributed by atoms with Crippen molar-refractivity contribution >= 4 is 5.69 Å². The van der Waals surface area contributed by atoms with Gasteiger partial charge in [0.25, 0.3) is 0 Å². The number of hydrogen-bond acceptors (Lipinski definition) is 3. The predicted molar refractivity (Wildman–Crippen MR) is 68.4 cm³/mol. The lowest BCUT2D eigenvalue weighted by atomic mass is 10.1. The zero-order chi connectivity index (χ0) is 12.0. The summed E-state index contributed by atoms with van der Waals surface area (Å²) in [5.74, 6) is 0. The molecule has 0 aliphatic carbocycles. The summed E-state index contributed by atoms with van der Waals surface area (Å²) in [5, 5.41) is 0. The molecule has 0 aliphatic heterocycles. The maximum absolute atomic E-state index is 5.88. The molecule has 0 saturated heterocycles. The smallest absolute Gasteiger partial charge is 0.0474 e. The number of nitrogens with zero attached hydrogens (tertiary/aromatic N) is 1. The highest BCUT2D eigenvalue weighted by atomic mass is 16.5. The second-order valence-corrected chi connectivity index (χ2v) is 4.28. The van der Waals surface area contributed by atoms with Gasteiger partial charge >= 0.3 is 0 Å². The third kappa shape index (κ3) is 4.21. The quantitative estimate of drug-likeness (QED) is 0.591. The van der Waals surface area contributed by atoms with Gasteiger partial charge in [0, 0.05) is 32.5 Å². The Morgan fingerprint density at radius 2 is 2.12 bits per heavy atom. The van der Waals surface area contributed by atoms with Gasteiger partial charge in [-0.2, -0.15) is 0 Å². The molecular formula is C13H22N2O. The van der Waals surface area contributed by atoms with E-state index in [1.807, 2.05) is 6.92 Å². The molecule has 90 valence electrons. The summed E-state index contributed by atoms with van der Waals surface area (Å²) in [5.41, 5.74) is 9.17. The van der Waals surface area contributed by atoms with Gasteiger partial charge in [-0.3, -0.25) is 0 Å². The van der Waals surface area contributed by atoms with E-state index >= 15 is 0 Å². The first-order valence-electron chi connectivity index (χ1n) is 5.66. The van der Waals surface area contributed by atoms with Crippen LogP contribution in [0.4, 0.5) is 5.69 Å². The predicted octanol–water partition coefficient (Wildman–Crippen LogP) is 2.05. The highest BCUT2D eigenvalue weighted by Gasteiger charge is 2.01. The van der Waals surface area contributed by atoms with Gasteiger partial charge in [0.2, 0.25) is 0 Å². The Labute approximate surface area is 98.2 Å². The first-order chi connectivity index (χ1) is 7.63. The van der Waals surface area contributed by atoms with Gasteiger partial charge in [0.15, 0.2) is 0 Å². The molecule has 1 aromatic rings. The van der Waals surface area contributed by atoms with Crippen LogP contribution in [-0.4, -0.2) is 32.2 Å². The highest BCUT2D eigenvalue weighted by molar-refractivity contribution is 5.48. The fourth-order valence-electron chi connectivity index (χ4n) is 1.66. The first kappa shape index (κ1) is 13.0. The van der Waals surface area contributed by atoms with E-state index in [4.69, 9.17) is 10.5 Å². The zero-order valence-corrected chi connectivity index (χ0v) is 10.5. The van der Waals surface area contributed by atoms with Crippen LogP contribution in [0.5, 0.6) is 0 Å². The number of benzene rings is 1. The molecule has 0 spiro atoms. The molecule has 16 heavy (non-hydrogen) atoms. The van der Waals surface area contributed by atoms with E-state index in [2.05, 4.69) is 30.1 Å². The van der Waals surface area contributed by atoms with E-state index in [1.165, 1.54) is 5.56 Å². The van der Waals surface area contributed by atoms with E-state index in [0.717, 1.165) is 37.4 Å². The normalized spacial score (nSPS) is 11.0. The number of anilines is 1. The summed E-state index contributed by atoms with van der Waals surface area (Å²) in [6.07, 6.45) is 1.06. The Bertz CT molecular complexity index is 326. The van der Waals surface area contributed by atoms with Crippen LogP contribution in [0.2, 0.25) is 0 Å². The van der Waals surface area contributed by atoms with Crippen molar-refractivity contribution in [2.75, 3.05) is 33.0 Å². The summed E-state index contributed by atoms with van der Waals surface area (Å²) >= 11 is 0. The number of aryl methyl sites for hydroxylation is 1. The van der Waals surface area contributed by atoms with E-state index in [9.17, 15) is 0 Å². The van der Waals surface area contributed by atoms with Gasteiger partial charge in [-0.1, -0.05) is 12.1 Å². The maximum Gasteiger partial charge on any atom is 0.0474 e. The number of rotatable bonds is 6. The molecule has 0 bridgehead atoms. The van der Waals surface area contributed by atoms with Crippen LogP contribution in [0.3, 0.4) is 0 Å². The molecule has 3 nitrogen and oxygen atoms in total. The summed E-state index contributed by atoms with van der Waals surface area (Å²) in [4.78, 5) is 2.28. The van der Waals surface area contributed by atoms with Crippen LogP contribution >= 0.6 is 0 Å². The largest absolute Gasteiger partial charge is 0.399 e. The van der Waals surface area contributed by atoms with Crippen molar-refractivity contribution in [1.29, 1.82) is 0 Å². The van der Waals surface area contributed by atoms with Gasteiger partial charge in [-0.25, -0.2) is 0 Å². The molecule has 0 heterocycles. The summed E-state index contributed by atoms with van der Waals surface area (Å²) in [6.45, 7) is 4.83. The molecule has 0 saturated carbocycles. The topological polar surface area (TPSA) is 38.5 Å². The van der Waals surface area contributed by atoms with Crippen molar-refractivity contribution in [2.45, 2.75) is 19.9 Å². The average molecular weight is 222 g/mol. The van der Waals surface area contributed by atoms with Crippen LogP contribution in [0.15, 0.2) is 18.2 Å². The molecule has 3 heteroatoms. The monoisotopic (exact) mass is 222 g/mol. The first-order valence-corrected chi connectivity index (χ1v) is 5.66. The number of ether oxygens (including phenoxy) is 1. The van der Waals surface area contributed by atoms with E-state index in [-0.39, 0.29) is 0 Å². The van der Waals surface area contributed by atoms with Crippen LogP contribution in [0.25, 0.3) is 0 Å². The van der Waals surface area contributed by atoms with Gasteiger partial charge in [0.1, 0.15) is 0 Å². The minimum Gasteiger partial charge on any atom is -0.399 e. The molecule has 0 unspecified atom stereocenters. The maximum atomic E-state index is 5.88. The Kier molecular flexibility index (Phi) is 5.29. The lowest BCUT2D eigenvalue weighted by Crippen LogP contribution is -2.20. The van der Waals surface area contributed by atoms with E-state index in [0.29, 0.717) is 0 Å². The molecule has 1 aromatic carbocycles.